The van der Waals surface area contributed by atoms with Crippen LogP contribution in [0, 0.1) is 0 Å². The Hall–Kier alpha value is -1.55. The molecule has 13 heavy (non-hydrogen) atoms. The topological polar surface area (TPSA) is 58.9 Å². The number of aromatic nitrogens is 2. The average molecular weight is 197 g/mol. The first-order valence-electron chi connectivity index (χ1n) is 3.57. The maximum atomic E-state index is 10.6. The van der Waals surface area contributed by atoms with Gasteiger partial charge in [-0.2, -0.15) is 10.1 Å². The SMILES string of the molecule is O=c1nc(-c2ccc(Cl)cc2)o[nH]1. The molecule has 0 aliphatic carbocycles. The fourth-order valence-corrected chi connectivity index (χ4v) is 1.07. The van der Waals surface area contributed by atoms with Crippen molar-refractivity contribution in [3.63, 3.8) is 0 Å². The predicted molar refractivity (Wildman–Crippen MR) is 47.6 cm³/mol. The van der Waals surface area contributed by atoms with Gasteiger partial charge < -0.3 is 4.52 Å². The summed E-state index contributed by atoms with van der Waals surface area (Å²) in [5, 5.41) is 2.73. The van der Waals surface area contributed by atoms with Gasteiger partial charge in [-0.25, -0.2) is 4.79 Å². The molecule has 0 fully saturated rings. The van der Waals surface area contributed by atoms with Gasteiger partial charge in [-0.15, -0.1) is 0 Å². The third kappa shape index (κ3) is 1.62. The van der Waals surface area contributed by atoms with E-state index >= 15 is 0 Å². The quantitative estimate of drug-likeness (QED) is 0.755. The zero-order valence-corrected chi connectivity index (χ0v) is 7.21. The third-order valence-corrected chi connectivity index (χ3v) is 1.78. The number of halogens is 1. The van der Waals surface area contributed by atoms with Gasteiger partial charge in [0, 0.05) is 10.6 Å². The van der Waals surface area contributed by atoms with Gasteiger partial charge in [-0.1, -0.05) is 11.6 Å². The van der Waals surface area contributed by atoms with Gasteiger partial charge in [0.15, 0.2) is 0 Å². The molecule has 1 heterocycles. The molecule has 2 aromatic rings. The van der Waals surface area contributed by atoms with Crippen molar-refractivity contribution in [2.45, 2.75) is 0 Å². The minimum absolute atomic E-state index is 0.265. The largest absolute Gasteiger partial charge is 0.377 e. The van der Waals surface area contributed by atoms with Gasteiger partial charge >= 0.3 is 5.69 Å². The van der Waals surface area contributed by atoms with Gasteiger partial charge in [0.25, 0.3) is 5.89 Å². The Morgan fingerprint density at radius 2 is 2.00 bits per heavy atom. The molecular weight excluding hydrogens is 192 g/mol. The first-order valence-corrected chi connectivity index (χ1v) is 3.95. The molecule has 0 atom stereocenters. The number of nitrogens with zero attached hydrogens (tertiary/aromatic N) is 1. The molecule has 1 aromatic carbocycles. The fraction of sp³-hybridized carbons (Fsp3) is 0. The van der Waals surface area contributed by atoms with Crippen LogP contribution in [-0.4, -0.2) is 10.1 Å². The zero-order chi connectivity index (χ0) is 9.26. The molecule has 1 N–H and O–H groups in total. The van der Waals surface area contributed by atoms with Crippen molar-refractivity contribution in [3.05, 3.63) is 39.8 Å². The number of H-pyrrole nitrogens is 1. The van der Waals surface area contributed by atoms with Gasteiger partial charge in [-0.3, -0.25) is 0 Å². The standard InChI is InChI=1S/C8H5ClN2O2/c9-6-3-1-5(2-4-6)7-10-8(12)11-13-7/h1-4H,(H,11,12). The van der Waals surface area contributed by atoms with E-state index in [9.17, 15) is 4.79 Å². The summed E-state index contributed by atoms with van der Waals surface area (Å²) in [6.07, 6.45) is 0. The van der Waals surface area contributed by atoms with Crippen LogP contribution in [0.15, 0.2) is 33.6 Å². The van der Waals surface area contributed by atoms with Gasteiger partial charge in [0.05, 0.1) is 0 Å². The molecule has 0 amide bonds. The Morgan fingerprint density at radius 3 is 2.54 bits per heavy atom. The van der Waals surface area contributed by atoms with Crippen molar-refractivity contribution < 1.29 is 4.52 Å². The minimum Gasteiger partial charge on any atom is -0.357 e. The molecule has 5 heteroatoms. The number of aromatic amines is 1. The Bertz CT molecular complexity index is 457. The van der Waals surface area contributed by atoms with Crippen LogP contribution in [0.2, 0.25) is 5.02 Å². The van der Waals surface area contributed by atoms with Crippen molar-refractivity contribution in [3.8, 4) is 11.5 Å². The van der Waals surface area contributed by atoms with Crippen molar-refractivity contribution >= 4 is 11.6 Å². The van der Waals surface area contributed by atoms with E-state index in [2.05, 4.69) is 10.1 Å². The monoisotopic (exact) mass is 196 g/mol. The molecule has 0 radical (unpaired) electrons. The molecule has 0 saturated carbocycles. The molecule has 0 aliphatic rings. The molecule has 0 saturated heterocycles. The maximum Gasteiger partial charge on any atom is 0.377 e. The molecule has 1 aromatic heterocycles. The number of rotatable bonds is 1. The summed E-state index contributed by atoms with van der Waals surface area (Å²) in [7, 11) is 0. The molecule has 0 bridgehead atoms. The van der Waals surface area contributed by atoms with E-state index in [-0.39, 0.29) is 5.89 Å². The van der Waals surface area contributed by atoms with Gasteiger partial charge in [0.1, 0.15) is 0 Å². The average Bonchev–Trinajstić information content (AvgIpc) is 2.53. The molecule has 2 rings (SSSR count). The number of nitrogens with one attached hydrogen (secondary N) is 1. The molecule has 0 spiro atoms. The maximum absolute atomic E-state index is 10.6. The lowest BCUT2D eigenvalue weighted by atomic mass is 10.2. The van der Waals surface area contributed by atoms with Crippen LogP contribution >= 0.6 is 11.6 Å². The fourth-order valence-electron chi connectivity index (χ4n) is 0.946. The van der Waals surface area contributed by atoms with E-state index in [4.69, 9.17) is 16.1 Å². The number of hydrogen-bond donors (Lipinski definition) is 1. The molecule has 66 valence electrons. The van der Waals surface area contributed by atoms with E-state index in [0.29, 0.717) is 10.6 Å². The predicted octanol–water partition coefficient (Wildman–Crippen LogP) is 1.68. The second-order valence-electron chi connectivity index (χ2n) is 2.43. The summed E-state index contributed by atoms with van der Waals surface area (Å²) >= 11 is 5.68. The zero-order valence-electron chi connectivity index (χ0n) is 6.45. The van der Waals surface area contributed by atoms with Crippen LogP contribution in [0.25, 0.3) is 11.5 Å². The molecule has 4 nitrogen and oxygen atoms in total. The van der Waals surface area contributed by atoms with E-state index in [1.54, 1.807) is 24.3 Å². The van der Waals surface area contributed by atoms with Crippen molar-refractivity contribution in [2.75, 3.05) is 0 Å². The first-order chi connectivity index (χ1) is 6.25. The Labute approximate surface area is 78.1 Å². The normalized spacial score (nSPS) is 10.2. The Balaban J connectivity index is 2.47. The summed E-state index contributed by atoms with van der Waals surface area (Å²) < 4.78 is 4.80. The van der Waals surface area contributed by atoms with Crippen molar-refractivity contribution in [2.24, 2.45) is 0 Å². The van der Waals surface area contributed by atoms with Gasteiger partial charge in [0.2, 0.25) is 0 Å². The van der Waals surface area contributed by atoms with Crippen LogP contribution in [0.1, 0.15) is 0 Å². The highest BCUT2D eigenvalue weighted by Crippen LogP contribution is 2.17. The van der Waals surface area contributed by atoms with Crippen LogP contribution in [0.4, 0.5) is 0 Å². The van der Waals surface area contributed by atoms with Crippen molar-refractivity contribution in [1.82, 2.24) is 10.1 Å². The van der Waals surface area contributed by atoms with E-state index in [0.717, 1.165) is 0 Å². The van der Waals surface area contributed by atoms with Crippen LogP contribution in [-0.2, 0) is 0 Å². The second-order valence-corrected chi connectivity index (χ2v) is 2.87. The smallest absolute Gasteiger partial charge is 0.357 e. The summed E-state index contributed by atoms with van der Waals surface area (Å²) in [5.41, 5.74) is 0.215. The van der Waals surface area contributed by atoms with Crippen LogP contribution in [0.5, 0.6) is 0 Å². The second kappa shape index (κ2) is 3.06. The third-order valence-electron chi connectivity index (χ3n) is 1.53. The van der Waals surface area contributed by atoms with Gasteiger partial charge in [-0.05, 0) is 24.3 Å². The lowest BCUT2D eigenvalue weighted by Crippen LogP contribution is -1.99. The van der Waals surface area contributed by atoms with E-state index < -0.39 is 5.69 Å². The van der Waals surface area contributed by atoms with E-state index in [1.165, 1.54) is 0 Å². The van der Waals surface area contributed by atoms with Crippen molar-refractivity contribution in [1.29, 1.82) is 0 Å². The highest BCUT2D eigenvalue weighted by molar-refractivity contribution is 6.30. The Morgan fingerprint density at radius 1 is 1.31 bits per heavy atom. The Kier molecular flexibility index (Phi) is 1.90. The highest BCUT2D eigenvalue weighted by atomic mass is 35.5. The number of hydrogen-bond acceptors (Lipinski definition) is 3. The summed E-state index contributed by atoms with van der Waals surface area (Å²) in [5.74, 6) is 0.265. The highest BCUT2D eigenvalue weighted by Gasteiger charge is 2.03. The van der Waals surface area contributed by atoms with Crippen LogP contribution in [0.3, 0.4) is 0 Å². The molecular formula is C8H5ClN2O2. The summed E-state index contributed by atoms with van der Waals surface area (Å²) in [4.78, 5) is 14.2. The summed E-state index contributed by atoms with van der Waals surface area (Å²) in [6, 6.07) is 6.85. The molecule has 0 unspecified atom stereocenters. The first kappa shape index (κ1) is 8.07. The lowest BCUT2D eigenvalue weighted by Gasteiger charge is -1.92. The lowest BCUT2D eigenvalue weighted by molar-refractivity contribution is 0.424. The van der Waals surface area contributed by atoms with E-state index in [1.807, 2.05) is 0 Å². The summed E-state index contributed by atoms with van der Waals surface area (Å²) in [6.45, 7) is 0. The number of benzene rings is 1. The minimum atomic E-state index is -0.495. The van der Waals surface area contributed by atoms with Crippen LogP contribution < -0.4 is 5.69 Å². The molecule has 0 aliphatic heterocycles.